The van der Waals surface area contributed by atoms with Gasteiger partial charge in [0.15, 0.2) is 5.11 Å². The number of nitrogens with one attached hydrogen (secondary N) is 2. The summed E-state index contributed by atoms with van der Waals surface area (Å²) in [7, 11) is 1.78. The van der Waals surface area contributed by atoms with E-state index >= 15 is 0 Å². The summed E-state index contributed by atoms with van der Waals surface area (Å²) in [6, 6.07) is 0. The third-order valence-corrected chi connectivity index (χ3v) is 2.97. The van der Waals surface area contributed by atoms with Gasteiger partial charge >= 0.3 is 0 Å². The van der Waals surface area contributed by atoms with Crippen molar-refractivity contribution in [3.8, 4) is 0 Å². The third kappa shape index (κ3) is 13.3. The summed E-state index contributed by atoms with van der Waals surface area (Å²) in [4.78, 5) is 0. The van der Waals surface area contributed by atoms with E-state index < -0.39 is 0 Å². The summed E-state index contributed by atoms with van der Waals surface area (Å²) in [5, 5.41) is 7.40. The van der Waals surface area contributed by atoms with E-state index in [9.17, 15) is 0 Å². The van der Waals surface area contributed by atoms with Gasteiger partial charge in [0.1, 0.15) is 0 Å². The zero-order chi connectivity index (χ0) is 12.8. The van der Waals surface area contributed by atoms with Crippen LogP contribution in [-0.4, -0.2) is 18.4 Å². The summed E-state index contributed by atoms with van der Waals surface area (Å²) < 4.78 is 0. The average Bonchev–Trinajstić information content (AvgIpc) is 2.35. The summed E-state index contributed by atoms with van der Waals surface area (Å²) in [5.41, 5.74) is 2.75. The van der Waals surface area contributed by atoms with Gasteiger partial charge in [-0.25, -0.2) is 0 Å². The lowest BCUT2D eigenvalue weighted by Crippen LogP contribution is -2.28. The van der Waals surface area contributed by atoms with Crippen LogP contribution < -0.4 is 10.7 Å². The topological polar surface area (TPSA) is 36.4 Å². The van der Waals surface area contributed by atoms with Crippen molar-refractivity contribution in [2.45, 2.75) is 64.7 Å². The number of hydrogen-bond donors (Lipinski definition) is 2. The van der Waals surface area contributed by atoms with E-state index in [0.29, 0.717) is 5.11 Å². The summed E-state index contributed by atoms with van der Waals surface area (Å²) in [6.07, 6.45) is 13.8. The molecule has 0 aliphatic heterocycles. The largest absolute Gasteiger partial charge is 0.364 e. The lowest BCUT2D eigenvalue weighted by molar-refractivity contribution is 0.580. The third-order valence-electron chi connectivity index (χ3n) is 2.67. The molecule has 0 aromatic carbocycles. The van der Waals surface area contributed by atoms with Gasteiger partial charge in [0.05, 0.1) is 0 Å². The zero-order valence-corrected chi connectivity index (χ0v) is 12.1. The molecule has 0 aliphatic rings. The van der Waals surface area contributed by atoms with E-state index in [1.165, 1.54) is 51.4 Å². The van der Waals surface area contributed by atoms with E-state index in [1.807, 2.05) is 6.21 Å². The second-order valence-corrected chi connectivity index (χ2v) is 4.67. The molecule has 0 fully saturated rings. The molecule has 2 N–H and O–H groups in total. The Hall–Kier alpha value is -0.640. The number of thiocarbonyl (C=S) groups is 1. The van der Waals surface area contributed by atoms with Crippen molar-refractivity contribution in [1.29, 1.82) is 0 Å². The SMILES string of the molecule is CCCCCCCCCC/C=N/NC(=S)NC. The number of hydrogen-bond acceptors (Lipinski definition) is 2. The number of unbranched alkanes of at least 4 members (excludes halogenated alkanes) is 8. The molecule has 0 saturated carbocycles. The molecule has 0 unspecified atom stereocenters. The van der Waals surface area contributed by atoms with Crippen LogP contribution in [0.5, 0.6) is 0 Å². The highest BCUT2D eigenvalue weighted by atomic mass is 32.1. The van der Waals surface area contributed by atoms with Gasteiger partial charge in [-0.15, -0.1) is 0 Å². The van der Waals surface area contributed by atoms with Gasteiger partial charge < -0.3 is 5.32 Å². The van der Waals surface area contributed by atoms with Crippen molar-refractivity contribution in [3.05, 3.63) is 0 Å². The van der Waals surface area contributed by atoms with Crippen LogP contribution in [-0.2, 0) is 0 Å². The summed E-state index contributed by atoms with van der Waals surface area (Å²) in [5.74, 6) is 0. The van der Waals surface area contributed by atoms with Crippen LogP contribution in [0.15, 0.2) is 5.10 Å². The fourth-order valence-electron chi connectivity index (χ4n) is 1.59. The molecule has 4 heteroatoms. The Balaban J connectivity index is 3.10. The zero-order valence-electron chi connectivity index (χ0n) is 11.3. The molecule has 100 valence electrons. The molecule has 0 rings (SSSR count). The van der Waals surface area contributed by atoms with Crippen LogP contribution in [0.2, 0.25) is 0 Å². The fourth-order valence-corrected chi connectivity index (χ4v) is 1.65. The Bertz CT molecular complexity index is 205. The molecule has 0 amide bonds. The van der Waals surface area contributed by atoms with Crippen LogP contribution in [0.1, 0.15) is 64.7 Å². The second-order valence-electron chi connectivity index (χ2n) is 4.27. The first kappa shape index (κ1) is 16.4. The quantitative estimate of drug-likeness (QED) is 0.272. The molecule has 0 aromatic heterocycles. The molecule has 0 spiro atoms. The molecule has 0 bridgehead atoms. The van der Waals surface area contributed by atoms with Crippen LogP contribution in [0.3, 0.4) is 0 Å². The van der Waals surface area contributed by atoms with Gasteiger partial charge in [-0.3, -0.25) is 5.43 Å². The van der Waals surface area contributed by atoms with E-state index in [4.69, 9.17) is 12.2 Å². The van der Waals surface area contributed by atoms with Crippen molar-refractivity contribution >= 4 is 23.5 Å². The van der Waals surface area contributed by atoms with Gasteiger partial charge in [-0.2, -0.15) is 5.10 Å². The number of rotatable bonds is 10. The molecule has 0 heterocycles. The van der Waals surface area contributed by atoms with E-state index in [0.717, 1.165) is 6.42 Å². The molecule has 3 nitrogen and oxygen atoms in total. The van der Waals surface area contributed by atoms with Crippen molar-refractivity contribution in [2.75, 3.05) is 7.05 Å². The maximum absolute atomic E-state index is 4.89. The number of nitrogens with zero attached hydrogens (tertiary/aromatic N) is 1. The molecule has 17 heavy (non-hydrogen) atoms. The Morgan fingerprint density at radius 1 is 1.06 bits per heavy atom. The van der Waals surface area contributed by atoms with Crippen molar-refractivity contribution in [1.82, 2.24) is 10.7 Å². The first-order valence-corrected chi connectivity index (χ1v) is 7.21. The van der Waals surface area contributed by atoms with E-state index in [-0.39, 0.29) is 0 Å². The molecular formula is C13H27N3S. The highest BCUT2D eigenvalue weighted by Gasteiger charge is 1.90. The van der Waals surface area contributed by atoms with Gasteiger partial charge in [0.2, 0.25) is 0 Å². The van der Waals surface area contributed by atoms with Crippen LogP contribution >= 0.6 is 12.2 Å². The first-order chi connectivity index (χ1) is 8.31. The second kappa shape index (κ2) is 13.4. The molecule has 0 saturated heterocycles. The number of hydrazone groups is 1. The highest BCUT2D eigenvalue weighted by Crippen LogP contribution is 2.08. The van der Waals surface area contributed by atoms with Crippen molar-refractivity contribution in [2.24, 2.45) is 5.10 Å². The van der Waals surface area contributed by atoms with Gasteiger partial charge in [-0.05, 0) is 25.1 Å². The van der Waals surface area contributed by atoms with Crippen LogP contribution in [0.4, 0.5) is 0 Å². The lowest BCUT2D eigenvalue weighted by Gasteiger charge is -2.00. The van der Waals surface area contributed by atoms with Crippen molar-refractivity contribution in [3.63, 3.8) is 0 Å². The predicted molar refractivity (Wildman–Crippen MR) is 80.5 cm³/mol. The fraction of sp³-hybridized carbons (Fsp3) is 0.846. The maximum atomic E-state index is 4.89. The minimum Gasteiger partial charge on any atom is -0.364 e. The molecular weight excluding hydrogens is 230 g/mol. The van der Waals surface area contributed by atoms with Crippen molar-refractivity contribution < 1.29 is 0 Å². The van der Waals surface area contributed by atoms with Gasteiger partial charge in [0.25, 0.3) is 0 Å². The highest BCUT2D eigenvalue weighted by molar-refractivity contribution is 7.80. The van der Waals surface area contributed by atoms with E-state index in [1.54, 1.807) is 7.05 Å². The smallest absolute Gasteiger partial charge is 0.186 e. The lowest BCUT2D eigenvalue weighted by atomic mass is 10.1. The minimum absolute atomic E-state index is 0.567. The van der Waals surface area contributed by atoms with Crippen LogP contribution in [0, 0.1) is 0 Å². The standard InChI is InChI=1S/C13H27N3S/c1-3-4-5-6-7-8-9-10-11-12-15-16-13(17)14-2/h12H,3-11H2,1-2H3,(H2,14,16,17)/b15-12+. The summed E-state index contributed by atoms with van der Waals surface area (Å²) in [6.45, 7) is 2.26. The normalized spacial score (nSPS) is 10.7. The van der Waals surface area contributed by atoms with Gasteiger partial charge in [-0.1, -0.05) is 51.9 Å². The molecule has 0 radical (unpaired) electrons. The van der Waals surface area contributed by atoms with Gasteiger partial charge in [0, 0.05) is 13.3 Å². The molecule has 0 aliphatic carbocycles. The summed E-state index contributed by atoms with van der Waals surface area (Å²) >= 11 is 4.89. The first-order valence-electron chi connectivity index (χ1n) is 6.80. The monoisotopic (exact) mass is 257 g/mol. The Kier molecular flexibility index (Phi) is 12.9. The average molecular weight is 257 g/mol. The Morgan fingerprint density at radius 3 is 2.24 bits per heavy atom. The minimum atomic E-state index is 0.567. The Labute approximate surface area is 111 Å². The van der Waals surface area contributed by atoms with E-state index in [2.05, 4.69) is 22.8 Å². The molecule has 0 atom stereocenters. The maximum Gasteiger partial charge on any atom is 0.186 e. The predicted octanol–water partition coefficient (Wildman–Crippen LogP) is 3.60. The Morgan fingerprint density at radius 2 is 1.65 bits per heavy atom. The van der Waals surface area contributed by atoms with Crippen LogP contribution in [0.25, 0.3) is 0 Å². The molecule has 0 aromatic rings.